The van der Waals surface area contributed by atoms with Gasteiger partial charge in [-0.1, -0.05) is 60.7 Å². The molecule has 1 aliphatic rings. The third-order valence-electron chi connectivity index (χ3n) is 4.18. The Labute approximate surface area is 120 Å². The highest BCUT2D eigenvalue weighted by molar-refractivity contribution is 7.79. The average molecular weight is 285 g/mol. The van der Waals surface area contributed by atoms with Crippen LogP contribution in [0, 0.1) is 0 Å². The summed E-state index contributed by atoms with van der Waals surface area (Å²) in [7, 11) is -0.508. The Balaban J connectivity index is 2.16. The molecule has 2 aromatic carbocycles. The first kappa shape index (κ1) is 13.6. The molecule has 0 aromatic heterocycles. The summed E-state index contributed by atoms with van der Waals surface area (Å²) >= 11 is 0. The van der Waals surface area contributed by atoms with E-state index in [0.29, 0.717) is 0 Å². The summed E-state index contributed by atoms with van der Waals surface area (Å²) in [6.45, 7) is 1.04. The van der Waals surface area contributed by atoms with Crippen molar-refractivity contribution in [1.29, 1.82) is 0 Å². The van der Waals surface area contributed by atoms with Gasteiger partial charge in [-0.2, -0.15) is 0 Å². The molecule has 3 heteroatoms. The quantitative estimate of drug-likeness (QED) is 0.808. The lowest BCUT2D eigenvalue weighted by Crippen LogP contribution is -2.33. The summed E-state index contributed by atoms with van der Waals surface area (Å²) in [5.74, 6) is 0.132. The van der Waals surface area contributed by atoms with Crippen molar-refractivity contribution in [2.75, 3.05) is 13.6 Å². The van der Waals surface area contributed by atoms with E-state index in [-0.39, 0.29) is 5.78 Å². The molecule has 1 fully saturated rings. The van der Waals surface area contributed by atoms with E-state index < -0.39 is 7.14 Å². The summed E-state index contributed by atoms with van der Waals surface area (Å²) < 4.78 is 14.0. The smallest absolute Gasteiger partial charge is 0.159 e. The van der Waals surface area contributed by atoms with E-state index in [9.17, 15) is 4.57 Å². The molecule has 1 aliphatic heterocycles. The van der Waals surface area contributed by atoms with Crippen LogP contribution in [0.25, 0.3) is 0 Å². The first-order valence-electron chi connectivity index (χ1n) is 7.14. The van der Waals surface area contributed by atoms with Crippen molar-refractivity contribution in [2.45, 2.75) is 18.6 Å². The van der Waals surface area contributed by atoms with Gasteiger partial charge in [-0.15, -0.1) is 0 Å². The Morgan fingerprint density at radius 3 is 1.85 bits per heavy atom. The largest absolute Gasteiger partial charge is 0.312 e. The van der Waals surface area contributed by atoms with Crippen LogP contribution >= 0.6 is 7.14 Å². The summed E-state index contributed by atoms with van der Waals surface area (Å²) in [5.41, 5.74) is 0. The van der Waals surface area contributed by atoms with Gasteiger partial charge in [0.05, 0.1) is 5.78 Å². The standard InChI is InChI=1S/C17H20NOP/c1-18-14-8-13-17(18)20(19,15-9-4-2-5-10-15)16-11-6-3-7-12-16/h2-7,9-12,17H,8,13-14H2,1H3. The third-order valence-corrected chi connectivity index (χ3v) is 7.80. The second-order valence-electron chi connectivity index (χ2n) is 5.43. The predicted octanol–water partition coefficient (Wildman–Crippen LogP) is 3.05. The van der Waals surface area contributed by atoms with Gasteiger partial charge in [0, 0.05) is 10.6 Å². The van der Waals surface area contributed by atoms with Crippen molar-refractivity contribution < 1.29 is 4.57 Å². The molecular formula is C17H20NOP. The number of likely N-dealkylation sites (tertiary alicyclic amines) is 1. The van der Waals surface area contributed by atoms with Crippen LogP contribution in [0.2, 0.25) is 0 Å². The maximum atomic E-state index is 14.0. The summed E-state index contributed by atoms with van der Waals surface area (Å²) in [5, 5.41) is 1.95. The molecule has 0 saturated carbocycles. The molecule has 20 heavy (non-hydrogen) atoms. The van der Waals surface area contributed by atoms with Crippen molar-refractivity contribution in [3.8, 4) is 0 Å². The van der Waals surface area contributed by atoms with Crippen molar-refractivity contribution in [2.24, 2.45) is 0 Å². The van der Waals surface area contributed by atoms with Crippen molar-refractivity contribution in [3.05, 3.63) is 60.7 Å². The molecule has 2 aromatic rings. The lowest BCUT2D eigenvalue weighted by molar-refractivity contribution is 0.377. The maximum absolute atomic E-state index is 14.0. The number of rotatable bonds is 3. The van der Waals surface area contributed by atoms with Gasteiger partial charge in [0.15, 0.2) is 7.14 Å². The van der Waals surface area contributed by atoms with E-state index in [4.69, 9.17) is 0 Å². The minimum Gasteiger partial charge on any atom is -0.312 e. The number of nitrogens with zero attached hydrogens (tertiary/aromatic N) is 1. The van der Waals surface area contributed by atoms with E-state index in [2.05, 4.69) is 11.9 Å². The Hall–Kier alpha value is -1.37. The Kier molecular flexibility index (Phi) is 3.78. The first-order valence-corrected chi connectivity index (χ1v) is 8.92. The molecule has 0 N–H and O–H groups in total. The fraction of sp³-hybridized carbons (Fsp3) is 0.294. The van der Waals surface area contributed by atoms with Gasteiger partial charge in [-0.25, -0.2) is 0 Å². The zero-order valence-corrected chi connectivity index (χ0v) is 12.7. The summed E-state index contributed by atoms with van der Waals surface area (Å²) in [4.78, 5) is 2.26. The maximum Gasteiger partial charge on any atom is 0.159 e. The van der Waals surface area contributed by atoms with Crippen molar-refractivity contribution in [3.63, 3.8) is 0 Å². The van der Waals surface area contributed by atoms with Crippen LogP contribution < -0.4 is 10.6 Å². The first-order chi connectivity index (χ1) is 9.73. The highest BCUT2D eigenvalue weighted by Gasteiger charge is 2.40. The van der Waals surface area contributed by atoms with Crippen LogP contribution in [-0.4, -0.2) is 24.3 Å². The van der Waals surface area contributed by atoms with Crippen LogP contribution in [0.4, 0.5) is 0 Å². The SMILES string of the molecule is CN1CCCC1P(=O)(c1ccccc1)c1ccccc1. The topological polar surface area (TPSA) is 20.3 Å². The van der Waals surface area contributed by atoms with Gasteiger partial charge in [0.1, 0.15) is 0 Å². The Morgan fingerprint density at radius 1 is 0.950 bits per heavy atom. The van der Waals surface area contributed by atoms with Crippen LogP contribution in [0.3, 0.4) is 0 Å². The van der Waals surface area contributed by atoms with E-state index in [0.717, 1.165) is 30.0 Å². The molecule has 104 valence electrons. The van der Waals surface area contributed by atoms with Crippen LogP contribution in [-0.2, 0) is 4.57 Å². The van der Waals surface area contributed by atoms with Crippen molar-refractivity contribution in [1.82, 2.24) is 4.90 Å². The highest BCUT2D eigenvalue weighted by atomic mass is 31.2. The second-order valence-corrected chi connectivity index (χ2v) is 8.38. The Morgan fingerprint density at radius 2 is 1.45 bits per heavy atom. The predicted molar refractivity (Wildman–Crippen MR) is 85.4 cm³/mol. The molecule has 0 radical (unpaired) electrons. The van der Waals surface area contributed by atoms with E-state index in [1.165, 1.54) is 0 Å². The fourth-order valence-corrected chi connectivity index (χ4v) is 6.58. The van der Waals surface area contributed by atoms with Crippen LogP contribution in [0.1, 0.15) is 12.8 Å². The molecule has 1 atom stereocenters. The molecule has 0 aliphatic carbocycles. The van der Waals surface area contributed by atoms with Gasteiger partial charge < -0.3 is 4.57 Å². The lowest BCUT2D eigenvalue weighted by atomic mass is 10.4. The zero-order valence-electron chi connectivity index (χ0n) is 11.8. The fourth-order valence-electron chi connectivity index (χ4n) is 3.14. The van der Waals surface area contributed by atoms with Gasteiger partial charge in [-0.05, 0) is 26.4 Å². The van der Waals surface area contributed by atoms with Gasteiger partial charge >= 0.3 is 0 Å². The monoisotopic (exact) mass is 285 g/mol. The van der Waals surface area contributed by atoms with Crippen molar-refractivity contribution >= 4 is 17.8 Å². The van der Waals surface area contributed by atoms with E-state index in [1.807, 2.05) is 60.7 Å². The molecule has 3 rings (SSSR count). The zero-order chi connectivity index (χ0) is 14.0. The third kappa shape index (κ3) is 2.24. The number of hydrogen-bond acceptors (Lipinski definition) is 2. The number of benzene rings is 2. The molecule has 2 nitrogen and oxygen atoms in total. The molecule has 0 bridgehead atoms. The normalized spacial score (nSPS) is 20.1. The highest BCUT2D eigenvalue weighted by Crippen LogP contribution is 2.52. The van der Waals surface area contributed by atoms with Crippen LogP contribution in [0.15, 0.2) is 60.7 Å². The molecule has 0 amide bonds. The lowest BCUT2D eigenvalue weighted by Gasteiger charge is -2.30. The second kappa shape index (κ2) is 5.55. The summed E-state index contributed by atoms with van der Waals surface area (Å²) in [6.07, 6.45) is 2.14. The van der Waals surface area contributed by atoms with Gasteiger partial charge in [0.2, 0.25) is 0 Å². The van der Waals surface area contributed by atoms with Crippen LogP contribution in [0.5, 0.6) is 0 Å². The molecule has 0 spiro atoms. The molecule has 1 heterocycles. The Bertz CT molecular complexity index is 568. The summed E-state index contributed by atoms with van der Waals surface area (Å²) in [6, 6.07) is 20.0. The van der Waals surface area contributed by atoms with Gasteiger partial charge in [0.25, 0.3) is 0 Å². The van der Waals surface area contributed by atoms with E-state index in [1.54, 1.807) is 0 Å². The van der Waals surface area contributed by atoms with E-state index >= 15 is 0 Å². The van der Waals surface area contributed by atoms with Gasteiger partial charge in [-0.3, -0.25) is 4.90 Å². The average Bonchev–Trinajstić information content (AvgIpc) is 2.95. The molecular weight excluding hydrogens is 265 g/mol. The molecule has 1 saturated heterocycles. The minimum absolute atomic E-state index is 0.132. The number of hydrogen-bond donors (Lipinski definition) is 0. The minimum atomic E-state index is -2.60. The molecule has 1 unspecified atom stereocenters.